The van der Waals surface area contributed by atoms with Crippen molar-refractivity contribution in [3.63, 3.8) is 0 Å². The number of rotatable bonds is 3. The largest absolute Gasteiger partial charge is 0.383 e. The van der Waals surface area contributed by atoms with Gasteiger partial charge in [0.15, 0.2) is 0 Å². The molecule has 2 heterocycles. The van der Waals surface area contributed by atoms with Crippen molar-refractivity contribution in [1.29, 1.82) is 0 Å². The molecule has 1 fully saturated rings. The molecule has 1 aliphatic rings. The number of hydrogen-bond acceptors (Lipinski definition) is 3. The van der Waals surface area contributed by atoms with Crippen LogP contribution in [0.1, 0.15) is 32.6 Å². The second-order valence-electron chi connectivity index (χ2n) is 5.90. The first-order valence-electron chi connectivity index (χ1n) is 7.36. The van der Waals surface area contributed by atoms with Crippen molar-refractivity contribution >= 4 is 32.7 Å². The van der Waals surface area contributed by atoms with Crippen molar-refractivity contribution in [2.75, 3.05) is 11.9 Å². The first kappa shape index (κ1) is 13.8. The monoisotopic (exact) mass is 333 g/mol. The summed E-state index contributed by atoms with van der Waals surface area (Å²) in [5.74, 6) is 1.66. The van der Waals surface area contributed by atoms with Crippen LogP contribution in [0.15, 0.2) is 29.0 Å². The van der Waals surface area contributed by atoms with Crippen LogP contribution in [0.3, 0.4) is 0 Å². The molecule has 106 valence electrons. The summed E-state index contributed by atoms with van der Waals surface area (Å²) in [5, 5.41) is 3.58. The Morgan fingerprint density at radius 2 is 2.25 bits per heavy atom. The van der Waals surface area contributed by atoms with Crippen LogP contribution < -0.4 is 5.32 Å². The fraction of sp³-hybridized carbons (Fsp3) is 0.500. The zero-order chi connectivity index (χ0) is 13.9. The lowest BCUT2D eigenvalue weighted by Gasteiger charge is -2.27. The lowest BCUT2D eigenvalue weighted by Crippen LogP contribution is -2.21. The molecule has 1 N–H and O–H groups in total. The zero-order valence-electron chi connectivity index (χ0n) is 11.8. The number of aromatic nitrogens is 2. The molecule has 1 aliphatic carbocycles. The predicted octanol–water partition coefficient (Wildman–Crippen LogP) is 4.63. The van der Waals surface area contributed by atoms with Gasteiger partial charge in [-0.05, 0) is 52.7 Å². The summed E-state index contributed by atoms with van der Waals surface area (Å²) >= 11 is 3.44. The van der Waals surface area contributed by atoms with E-state index in [-0.39, 0.29) is 0 Å². The molecular formula is C16H20BrN3. The van der Waals surface area contributed by atoms with Gasteiger partial charge in [-0.1, -0.05) is 19.8 Å². The SMILES string of the molecule is CC1CCCC(CNc2ccnc3cc(Br)cnc23)C1. The molecule has 2 aromatic rings. The van der Waals surface area contributed by atoms with Gasteiger partial charge in [-0.25, -0.2) is 0 Å². The Balaban J connectivity index is 1.74. The van der Waals surface area contributed by atoms with Crippen LogP contribution >= 0.6 is 15.9 Å². The van der Waals surface area contributed by atoms with Crippen LogP contribution in [0.2, 0.25) is 0 Å². The van der Waals surface area contributed by atoms with Gasteiger partial charge in [-0.2, -0.15) is 0 Å². The molecule has 2 aromatic heterocycles. The van der Waals surface area contributed by atoms with E-state index in [1.807, 2.05) is 24.5 Å². The van der Waals surface area contributed by atoms with Crippen LogP contribution in [0, 0.1) is 11.8 Å². The van der Waals surface area contributed by atoms with Crippen LogP contribution in [0.4, 0.5) is 5.69 Å². The van der Waals surface area contributed by atoms with E-state index in [1.54, 1.807) is 0 Å². The molecule has 2 unspecified atom stereocenters. The maximum atomic E-state index is 4.49. The second kappa shape index (κ2) is 6.08. The highest BCUT2D eigenvalue weighted by Crippen LogP contribution is 2.29. The molecule has 3 rings (SSSR count). The molecule has 0 bridgehead atoms. The van der Waals surface area contributed by atoms with Crippen molar-refractivity contribution in [3.05, 3.63) is 29.0 Å². The first-order chi connectivity index (χ1) is 9.72. The van der Waals surface area contributed by atoms with Crippen molar-refractivity contribution in [3.8, 4) is 0 Å². The van der Waals surface area contributed by atoms with E-state index in [2.05, 4.69) is 38.1 Å². The van der Waals surface area contributed by atoms with Gasteiger partial charge in [0.1, 0.15) is 5.52 Å². The van der Waals surface area contributed by atoms with Gasteiger partial charge >= 0.3 is 0 Å². The Kier molecular flexibility index (Phi) is 4.20. The summed E-state index contributed by atoms with van der Waals surface area (Å²) < 4.78 is 0.968. The van der Waals surface area contributed by atoms with E-state index in [1.165, 1.54) is 25.7 Å². The third-order valence-electron chi connectivity index (χ3n) is 4.17. The second-order valence-corrected chi connectivity index (χ2v) is 6.81. The molecule has 20 heavy (non-hydrogen) atoms. The van der Waals surface area contributed by atoms with Crippen molar-refractivity contribution in [2.45, 2.75) is 32.6 Å². The molecule has 1 saturated carbocycles. The molecule has 0 saturated heterocycles. The van der Waals surface area contributed by atoms with Gasteiger partial charge in [0, 0.05) is 23.4 Å². The molecule has 0 spiro atoms. The van der Waals surface area contributed by atoms with Crippen molar-refractivity contribution in [2.24, 2.45) is 11.8 Å². The Bertz CT molecular complexity index is 599. The summed E-state index contributed by atoms with van der Waals surface area (Å²) in [6, 6.07) is 4.03. The highest BCUT2D eigenvalue weighted by atomic mass is 79.9. The fourth-order valence-electron chi connectivity index (χ4n) is 3.15. The lowest BCUT2D eigenvalue weighted by atomic mass is 9.82. The minimum Gasteiger partial charge on any atom is -0.383 e. The number of halogens is 1. The van der Waals surface area contributed by atoms with Gasteiger partial charge < -0.3 is 5.32 Å². The van der Waals surface area contributed by atoms with E-state index in [4.69, 9.17) is 0 Å². The average Bonchev–Trinajstić information content (AvgIpc) is 2.44. The molecule has 3 nitrogen and oxygen atoms in total. The van der Waals surface area contributed by atoms with E-state index in [9.17, 15) is 0 Å². The number of nitrogens with one attached hydrogen (secondary N) is 1. The topological polar surface area (TPSA) is 37.8 Å². The molecule has 0 amide bonds. The quantitative estimate of drug-likeness (QED) is 0.889. The van der Waals surface area contributed by atoms with Crippen LogP contribution in [0.5, 0.6) is 0 Å². The molecule has 2 atom stereocenters. The number of anilines is 1. The van der Waals surface area contributed by atoms with Gasteiger partial charge in [-0.3, -0.25) is 9.97 Å². The highest BCUT2D eigenvalue weighted by molar-refractivity contribution is 9.10. The van der Waals surface area contributed by atoms with Gasteiger partial charge in [0.2, 0.25) is 0 Å². The Morgan fingerprint density at radius 1 is 1.35 bits per heavy atom. The van der Waals surface area contributed by atoms with E-state index in [0.29, 0.717) is 0 Å². The normalized spacial score (nSPS) is 22.9. The fourth-order valence-corrected chi connectivity index (χ4v) is 3.47. The van der Waals surface area contributed by atoms with Gasteiger partial charge in [0.05, 0.1) is 11.2 Å². The average molecular weight is 334 g/mol. The minimum atomic E-state index is 0.789. The number of hydrogen-bond donors (Lipinski definition) is 1. The van der Waals surface area contributed by atoms with Crippen LogP contribution in [-0.4, -0.2) is 16.5 Å². The van der Waals surface area contributed by atoms with Gasteiger partial charge in [-0.15, -0.1) is 0 Å². The smallest absolute Gasteiger partial charge is 0.112 e. The third kappa shape index (κ3) is 3.11. The summed E-state index contributed by atoms with van der Waals surface area (Å²) in [6.45, 7) is 3.41. The predicted molar refractivity (Wildman–Crippen MR) is 86.8 cm³/mol. The molecule has 0 aromatic carbocycles. The minimum absolute atomic E-state index is 0.789. The maximum absolute atomic E-state index is 4.49. The van der Waals surface area contributed by atoms with E-state index in [0.717, 1.165) is 39.6 Å². The molecule has 0 aliphatic heterocycles. The van der Waals surface area contributed by atoms with E-state index < -0.39 is 0 Å². The zero-order valence-corrected chi connectivity index (χ0v) is 13.4. The number of pyridine rings is 2. The van der Waals surface area contributed by atoms with Crippen molar-refractivity contribution < 1.29 is 0 Å². The Morgan fingerprint density at radius 3 is 3.10 bits per heavy atom. The Hall–Kier alpha value is -1.16. The summed E-state index contributed by atoms with van der Waals surface area (Å²) in [4.78, 5) is 8.86. The Labute approximate surface area is 128 Å². The molecule has 0 radical (unpaired) electrons. The van der Waals surface area contributed by atoms with Crippen LogP contribution in [-0.2, 0) is 0 Å². The summed E-state index contributed by atoms with van der Waals surface area (Å²) in [5.41, 5.74) is 2.99. The third-order valence-corrected chi connectivity index (χ3v) is 4.60. The highest BCUT2D eigenvalue weighted by Gasteiger charge is 2.18. The standard InChI is InChI=1S/C16H20BrN3/c1-11-3-2-4-12(7-11)9-19-14-5-6-18-15-8-13(17)10-20-16(14)15/h5-6,8,10-12H,2-4,7,9H2,1H3,(H,18,19). The summed E-state index contributed by atoms with van der Waals surface area (Å²) in [6.07, 6.45) is 9.13. The lowest BCUT2D eigenvalue weighted by molar-refractivity contribution is 0.293. The first-order valence-corrected chi connectivity index (χ1v) is 8.16. The van der Waals surface area contributed by atoms with E-state index >= 15 is 0 Å². The van der Waals surface area contributed by atoms with Crippen molar-refractivity contribution in [1.82, 2.24) is 9.97 Å². The number of nitrogens with zero attached hydrogens (tertiary/aromatic N) is 2. The van der Waals surface area contributed by atoms with Gasteiger partial charge in [0.25, 0.3) is 0 Å². The maximum Gasteiger partial charge on any atom is 0.112 e. The molecule has 4 heteroatoms. The summed E-state index contributed by atoms with van der Waals surface area (Å²) in [7, 11) is 0. The molecular weight excluding hydrogens is 314 g/mol. The van der Waals surface area contributed by atoms with Crippen LogP contribution in [0.25, 0.3) is 11.0 Å². The number of fused-ring (bicyclic) bond motifs is 1.